The van der Waals surface area contributed by atoms with Crippen LogP contribution < -0.4 is 11.1 Å². The minimum absolute atomic E-state index is 0.229. The third kappa shape index (κ3) is 5.24. The van der Waals surface area contributed by atoms with Gasteiger partial charge in [-0.1, -0.05) is 62.4 Å². The van der Waals surface area contributed by atoms with Gasteiger partial charge in [-0.3, -0.25) is 4.90 Å². The summed E-state index contributed by atoms with van der Waals surface area (Å²) < 4.78 is 0. The van der Waals surface area contributed by atoms with Crippen molar-refractivity contribution in [2.75, 3.05) is 17.6 Å². The van der Waals surface area contributed by atoms with Crippen molar-refractivity contribution in [3.8, 4) is 0 Å². The predicted octanol–water partition coefficient (Wildman–Crippen LogP) is 3.78. The third-order valence-corrected chi connectivity index (χ3v) is 4.41. The zero-order chi connectivity index (χ0) is 19.1. The molecule has 0 bridgehead atoms. The van der Waals surface area contributed by atoms with Crippen LogP contribution in [0.4, 0.5) is 17.6 Å². The summed E-state index contributed by atoms with van der Waals surface area (Å²) in [4.78, 5) is 15.4. The number of aryl methyl sites for hydroxylation is 1. The topological polar surface area (TPSA) is 80.0 Å². The molecule has 6 heteroatoms. The Morgan fingerprint density at radius 2 is 1.63 bits per heavy atom. The highest BCUT2D eigenvalue weighted by molar-refractivity contribution is 5.58. The lowest BCUT2D eigenvalue weighted by Gasteiger charge is -2.20. The van der Waals surface area contributed by atoms with Gasteiger partial charge in [-0.25, -0.2) is 0 Å². The SMILES string of the molecule is CCc1ccccc1Nc1nc(N)nc(CN(CC)Cc2ccccc2)n1. The number of hydrogen-bond acceptors (Lipinski definition) is 6. The Bertz CT molecular complexity index is 866. The molecule has 0 aliphatic rings. The second-order valence-electron chi connectivity index (χ2n) is 6.36. The first-order valence-corrected chi connectivity index (χ1v) is 9.29. The largest absolute Gasteiger partial charge is 0.368 e. The average molecular weight is 362 g/mol. The van der Waals surface area contributed by atoms with Crippen LogP contribution >= 0.6 is 0 Å². The number of nitrogens with two attached hydrogens (primary N) is 1. The molecule has 2 aromatic carbocycles. The molecule has 3 aromatic rings. The molecule has 1 aromatic heterocycles. The fourth-order valence-electron chi connectivity index (χ4n) is 2.96. The van der Waals surface area contributed by atoms with Crippen molar-refractivity contribution in [1.82, 2.24) is 19.9 Å². The van der Waals surface area contributed by atoms with Gasteiger partial charge in [0.25, 0.3) is 0 Å². The van der Waals surface area contributed by atoms with Crippen LogP contribution in [-0.4, -0.2) is 26.4 Å². The van der Waals surface area contributed by atoms with Crippen molar-refractivity contribution < 1.29 is 0 Å². The van der Waals surface area contributed by atoms with E-state index in [1.165, 1.54) is 11.1 Å². The molecule has 0 saturated carbocycles. The Hall–Kier alpha value is -2.99. The first-order valence-electron chi connectivity index (χ1n) is 9.29. The highest BCUT2D eigenvalue weighted by atomic mass is 15.2. The number of hydrogen-bond donors (Lipinski definition) is 2. The molecule has 0 amide bonds. The standard InChI is InChI=1S/C21H26N6/c1-3-17-12-8-9-13-18(17)23-21-25-19(24-20(22)26-21)15-27(4-2)14-16-10-6-5-7-11-16/h5-13H,3-4,14-15H2,1-2H3,(H3,22,23,24,25,26). The molecule has 0 atom stereocenters. The van der Waals surface area contributed by atoms with Gasteiger partial charge in [0, 0.05) is 12.2 Å². The molecule has 0 aliphatic carbocycles. The summed E-state index contributed by atoms with van der Waals surface area (Å²) in [7, 11) is 0. The van der Waals surface area contributed by atoms with Crippen LogP contribution in [0.5, 0.6) is 0 Å². The van der Waals surface area contributed by atoms with E-state index in [1.54, 1.807) is 0 Å². The number of anilines is 3. The predicted molar refractivity (Wildman–Crippen MR) is 110 cm³/mol. The van der Waals surface area contributed by atoms with Crippen LogP contribution in [0.25, 0.3) is 0 Å². The number of nitrogens with one attached hydrogen (secondary N) is 1. The van der Waals surface area contributed by atoms with E-state index in [0.717, 1.165) is 25.2 Å². The summed E-state index contributed by atoms with van der Waals surface area (Å²) in [5.74, 6) is 1.37. The fourth-order valence-corrected chi connectivity index (χ4v) is 2.96. The molecule has 0 spiro atoms. The van der Waals surface area contributed by atoms with Gasteiger partial charge in [-0.2, -0.15) is 15.0 Å². The molecule has 0 aliphatic heterocycles. The zero-order valence-corrected chi connectivity index (χ0v) is 15.9. The van der Waals surface area contributed by atoms with E-state index in [0.29, 0.717) is 18.3 Å². The summed E-state index contributed by atoms with van der Waals surface area (Å²) in [5, 5.41) is 3.28. The number of nitrogens with zero attached hydrogens (tertiary/aromatic N) is 4. The van der Waals surface area contributed by atoms with Gasteiger partial charge in [0.05, 0.1) is 6.54 Å². The number of aromatic nitrogens is 3. The quantitative estimate of drug-likeness (QED) is 0.635. The molecule has 0 radical (unpaired) electrons. The maximum atomic E-state index is 5.93. The Morgan fingerprint density at radius 3 is 2.37 bits per heavy atom. The second kappa shape index (κ2) is 9.09. The molecule has 3 rings (SSSR count). The van der Waals surface area contributed by atoms with E-state index in [-0.39, 0.29) is 5.95 Å². The molecule has 1 heterocycles. The Labute approximate surface area is 160 Å². The third-order valence-electron chi connectivity index (χ3n) is 4.41. The molecule has 3 N–H and O–H groups in total. The second-order valence-corrected chi connectivity index (χ2v) is 6.36. The highest BCUT2D eigenvalue weighted by Crippen LogP contribution is 2.19. The maximum absolute atomic E-state index is 5.93. The molecular formula is C21H26N6. The summed E-state index contributed by atoms with van der Waals surface area (Å²) in [6.07, 6.45) is 0.928. The van der Waals surface area contributed by atoms with E-state index in [1.807, 2.05) is 24.3 Å². The van der Waals surface area contributed by atoms with Gasteiger partial charge in [0.1, 0.15) is 5.82 Å². The van der Waals surface area contributed by atoms with Crippen molar-refractivity contribution in [2.45, 2.75) is 33.4 Å². The molecule has 27 heavy (non-hydrogen) atoms. The van der Waals surface area contributed by atoms with Gasteiger partial charge in [-0.15, -0.1) is 0 Å². The monoisotopic (exact) mass is 362 g/mol. The van der Waals surface area contributed by atoms with Crippen molar-refractivity contribution in [2.24, 2.45) is 0 Å². The first-order chi connectivity index (χ1) is 13.2. The van der Waals surface area contributed by atoms with E-state index in [9.17, 15) is 0 Å². The van der Waals surface area contributed by atoms with Crippen molar-refractivity contribution in [3.05, 3.63) is 71.5 Å². The van der Waals surface area contributed by atoms with Crippen LogP contribution in [0.2, 0.25) is 0 Å². The molecule has 0 fully saturated rings. The normalized spacial score (nSPS) is 10.9. The highest BCUT2D eigenvalue weighted by Gasteiger charge is 2.11. The van der Waals surface area contributed by atoms with Crippen LogP contribution in [0, 0.1) is 0 Å². The Kier molecular flexibility index (Phi) is 6.33. The summed E-state index contributed by atoms with van der Waals surface area (Å²) >= 11 is 0. The number of para-hydroxylation sites is 1. The fraction of sp³-hybridized carbons (Fsp3) is 0.286. The summed E-state index contributed by atoms with van der Waals surface area (Å²) in [6.45, 7) is 6.59. The Balaban J connectivity index is 1.76. The molecule has 140 valence electrons. The first kappa shape index (κ1) is 18.8. The van der Waals surface area contributed by atoms with Crippen LogP contribution in [-0.2, 0) is 19.5 Å². The van der Waals surface area contributed by atoms with Gasteiger partial charge >= 0.3 is 0 Å². The number of rotatable bonds is 8. The minimum atomic E-state index is 0.229. The molecular weight excluding hydrogens is 336 g/mol. The van der Waals surface area contributed by atoms with E-state index in [2.05, 4.69) is 69.3 Å². The molecule has 0 saturated heterocycles. The van der Waals surface area contributed by atoms with Crippen LogP contribution in [0.15, 0.2) is 54.6 Å². The lowest BCUT2D eigenvalue weighted by molar-refractivity contribution is 0.264. The lowest BCUT2D eigenvalue weighted by atomic mass is 10.1. The van der Waals surface area contributed by atoms with Gasteiger partial charge < -0.3 is 11.1 Å². The maximum Gasteiger partial charge on any atom is 0.232 e. The van der Waals surface area contributed by atoms with E-state index >= 15 is 0 Å². The summed E-state index contributed by atoms with van der Waals surface area (Å²) in [6, 6.07) is 18.5. The smallest absolute Gasteiger partial charge is 0.232 e. The van der Waals surface area contributed by atoms with Crippen LogP contribution in [0.3, 0.4) is 0 Å². The summed E-state index contributed by atoms with van der Waals surface area (Å²) in [5.41, 5.74) is 9.39. The van der Waals surface area contributed by atoms with E-state index in [4.69, 9.17) is 5.73 Å². The van der Waals surface area contributed by atoms with Gasteiger partial charge in [0.15, 0.2) is 0 Å². The average Bonchev–Trinajstić information content (AvgIpc) is 2.68. The Morgan fingerprint density at radius 1 is 0.889 bits per heavy atom. The van der Waals surface area contributed by atoms with Crippen LogP contribution in [0.1, 0.15) is 30.8 Å². The lowest BCUT2D eigenvalue weighted by Crippen LogP contribution is -2.24. The minimum Gasteiger partial charge on any atom is -0.368 e. The molecule has 0 unspecified atom stereocenters. The zero-order valence-electron chi connectivity index (χ0n) is 15.9. The van der Waals surface area contributed by atoms with Gasteiger partial charge in [-0.05, 0) is 30.2 Å². The molecule has 6 nitrogen and oxygen atoms in total. The number of benzene rings is 2. The van der Waals surface area contributed by atoms with Crippen molar-refractivity contribution in [1.29, 1.82) is 0 Å². The van der Waals surface area contributed by atoms with E-state index < -0.39 is 0 Å². The van der Waals surface area contributed by atoms with Crippen molar-refractivity contribution >= 4 is 17.6 Å². The van der Waals surface area contributed by atoms with Gasteiger partial charge in [0.2, 0.25) is 11.9 Å². The van der Waals surface area contributed by atoms with Crippen molar-refractivity contribution in [3.63, 3.8) is 0 Å². The number of nitrogen functional groups attached to an aromatic ring is 1.